The van der Waals surface area contributed by atoms with Gasteiger partial charge in [0.2, 0.25) is 0 Å². The summed E-state index contributed by atoms with van der Waals surface area (Å²) in [6, 6.07) is 19.7. The molecule has 2 aromatic carbocycles. The van der Waals surface area contributed by atoms with E-state index >= 15 is 0 Å². The van der Waals surface area contributed by atoms with Gasteiger partial charge >= 0.3 is 0 Å². The van der Waals surface area contributed by atoms with Crippen molar-refractivity contribution in [3.63, 3.8) is 0 Å². The van der Waals surface area contributed by atoms with Crippen molar-refractivity contribution in [2.75, 3.05) is 0 Å². The number of Topliss-reactive ketones (excluding diaryl/α,β-unsaturated/α-hetero) is 1. The molecule has 1 radical (unpaired) electrons. The van der Waals surface area contributed by atoms with E-state index in [1.165, 1.54) is 16.3 Å². The summed E-state index contributed by atoms with van der Waals surface area (Å²) in [6.07, 6.45) is 5.96. The van der Waals surface area contributed by atoms with Gasteiger partial charge in [0.25, 0.3) is 0 Å². The summed E-state index contributed by atoms with van der Waals surface area (Å²) in [5.74, 6) is 0.851. The van der Waals surface area contributed by atoms with Crippen molar-refractivity contribution in [2.24, 2.45) is 16.7 Å². The van der Waals surface area contributed by atoms with Crippen LogP contribution in [0.5, 0.6) is 0 Å². The number of allylic oxidation sites excluding steroid dienone is 2. The van der Waals surface area contributed by atoms with Crippen LogP contribution in [-0.4, -0.2) is 15.9 Å². The smallest absolute Gasteiger partial charge is 0.168 e. The fourth-order valence-electron chi connectivity index (χ4n) is 4.91. The van der Waals surface area contributed by atoms with Crippen molar-refractivity contribution in [3.8, 4) is 11.3 Å². The van der Waals surface area contributed by atoms with Crippen molar-refractivity contribution in [2.45, 2.75) is 60.3 Å². The normalized spacial score (nSPS) is 20.6. The second-order valence-electron chi connectivity index (χ2n) is 10.8. The molecule has 1 aromatic heterocycles. The Morgan fingerprint density at radius 3 is 2.29 bits per heavy atom. The van der Waals surface area contributed by atoms with Crippen molar-refractivity contribution in [1.29, 1.82) is 0 Å². The maximum absolute atomic E-state index is 12.4. The van der Waals surface area contributed by atoms with Crippen molar-refractivity contribution >= 4 is 16.6 Å². The van der Waals surface area contributed by atoms with E-state index in [9.17, 15) is 9.90 Å². The molecule has 0 aliphatic heterocycles. The van der Waals surface area contributed by atoms with E-state index in [-0.39, 0.29) is 36.7 Å². The van der Waals surface area contributed by atoms with Crippen LogP contribution in [0.2, 0.25) is 0 Å². The zero-order chi connectivity index (χ0) is 23.8. The summed E-state index contributed by atoms with van der Waals surface area (Å²) in [6.45, 7) is 10.1. The van der Waals surface area contributed by atoms with E-state index in [2.05, 4.69) is 42.2 Å². The quantitative estimate of drug-likeness (QED) is 0.281. The largest absolute Gasteiger partial charge is 0.511 e. The third-order valence-electron chi connectivity index (χ3n) is 7.26. The molecule has 5 rings (SSSR count). The van der Waals surface area contributed by atoms with Gasteiger partial charge in [-0.25, -0.2) is 0 Å². The average Bonchev–Trinajstić information content (AvgIpc) is 2.79. The van der Waals surface area contributed by atoms with Crippen LogP contribution in [0, 0.1) is 29.7 Å². The van der Waals surface area contributed by atoms with Gasteiger partial charge in [0.05, 0.1) is 0 Å². The number of ketones is 1. The molecule has 4 heteroatoms. The van der Waals surface area contributed by atoms with Gasteiger partial charge in [0, 0.05) is 42.7 Å². The van der Waals surface area contributed by atoms with Crippen molar-refractivity contribution in [3.05, 3.63) is 77.7 Å². The molecule has 1 atom stereocenters. The molecule has 2 aliphatic carbocycles. The van der Waals surface area contributed by atoms with E-state index in [1.54, 1.807) is 0 Å². The molecule has 1 N–H and O–H groups in total. The predicted molar refractivity (Wildman–Crippen MR) is 135 cm³/mol. The molecule has 0 amide bonds. The number of fused-ring (bicyclic) bond motifs is 2. The monoisotopic (exact) mass is 633 g/mol. The van der Waals surface area contributed by atoms with Crippen LogP contribution in [-0.2, 0) is 24.9 Å². The summed E-state index contributed by atoms with van der Waals surface area (Å²) < 4.78 is 0. The molecule has 1 saturated carbocycles. The Morgan fingerprint density at radius 1 is 0.971 bits per heavy atom. The number of aromatic nitrogens is 1. The Hall–Kier alpha value is -2.29. The van der Waals surface area contributed by atoms with E-state index in [1.807, 2.05) is 58.2 Å². The van der Waals surface area contributed by atoms with Gasteiger partial charge in [0.15, 0.2) is 5.78 Å². The fraction of sp³-hybridized carbons (Fsp3) is 0.400. The van der Waals surface area contributed by atoms with Crippen LogP contribution in [0.3, 0.4) is 0 Å². The van der Waals surface area contributed by atoms with Crippen molar-refractivity contribution < 1.29 is 30.0 Å². The molecule has 2 aliphatic rings. The zero-order valence-electron chi connectivity index (χ0n) is 20.7. The minimum absolute atomic E-state index is 0. The number of carbonyl (C=O) groups excluding carboxylic acids is 1. The van der Waals surface area contributed by atoms with Crippen LogP contribution < -0.4 is 0 Å². The van der Waals surface area contributed by atoms with Gasteiger partial charge in [0.1, 0.15) is 5.76 Å². The third kappa shape index (κ3) is 5.34. The van der Waals surface area contributed by atoms with E-state index in [4.69, 9.17) is 0 Å². The van der Waals surface area contributed by atoms with Gasteiger partial charge < -0.3 is 10.1 Å². The predicted octanol–water partition coefficient (Wildman–Crippen LogP) is 7.63. The maximum atomic E-state index is 12.4. The first-order chi connectivity index (χ1) is 15.6. The zero-order valence-corrected chi connectivity index (χ0v) is 23.1. The summed E-state index contributed by atoms with van der Waals surface area (Å²) in [5, 5.41) is 12.7. The van der Waals surface area contributed by atoms with E-state index in [0.29, 0.717) is 11.7 Å². The van der Waals surface area contributed by atoms with Crippen LogP contribution in [0.25, 0.3) is 22.0 Å². The Labute approximate surface area is 217 Å². The molecule has 3 nitrogen and oxygen atoms in total. The van der Waals surface area contributed by atoms with Crippen LogP contribution >= 0.6 is 0 Å². The van der Waals surface area contributed by atoms with Crippen LogP contribution in [0.1, 0.15) is 58.9 Å². The topological polar surface area (TPSA) is 50.2 Å². The first-order valence-corrected chi connectivity index (χ1v) is 11.9. The molecular formula is C30H34IrNO2-. The number of aliphatic hydroxyl groups excluding tert-OH is 1. The van der Waals surface area contributed by atoms with Gasteiger partial charge in [-0.1, -0.05) is 65.0 Å². The third-order valence-corrected chi connectivity index (χ3v) is 7.26. The SMILES string of the molecule is CC1(C)CCC2CCC(C)(C)C(O)=C2C1=O.Cc1cc[c-]c(-c2cc3ccccc3cn2)c1.[Ir]. The van der Waals surface area contributed by atoms with Gasteiger partial charge in [-0.2, -0.15) is 0 Å². The number of rotatable bonds is 1. The minimum atomic E-state index is -0.284. The summed E-state index contributed by atoms with van der Waals surface area (Å²) in [5.41, 5.74) is 3.51. The molecule has 1 unspecified atom stereocenters. The summed E-state index contributed by atoms with van der Waals surface area (Å²) in [4.78, 5) is 16.8. The number of nitrogens with zero attached hydrogens (tertiary/aromatic N) is 1. The minimum Gasteiger partial charge on any atom is -0.511 e. The molecule has 0 spiro atoms. The first kappa shape index (κ1) is 26.3. The Balaban J connectivity index is 0.000000186. The molecule has 34 heavy (non-hydrogen) atoms. The van der Waals surface area contributed by atoms with Gasteiger partial charge in [-0.3, -0.25) is 4.79 Å². The van der Waals surface area contributed by atoms with Crippen LogP contribution in [0.4, 0.5) is 0 Å². The summed E-state index contributed by atoms with van der Waals surface area (Å²) in [7, 11) is 0. The molecule has 1 fully saturated rings. The van der Waals surface area contributed by atoms with Crippen LogP contribution in [0.15, 0.2) is 66.1 Å². The fourth-order valence-corrected chi connectivity index (χ4v) is 4.91. The number of hydrogen-bond donors (Lipinski definition) is 1. The Bertz CT molecular complexity index is 1230. The molecule has 181 valence electrons. The summed E-state index contributed by atoms with van der Waals surface area (Å²) >= 11 is 0. The molecule has 0 saturated heterocycles. The Kier molecular flexibility index (Phi) is 7.85. The molecular weight excluding hydrogens is 599 g/mol. The number of aliphatic hydroxyl groups is 1. The number of benzene rings is 2. The molecule has 3 aromatic rings. The number of aryl methyl sites for hydroxylation is 1. The number of hydrogen-bond acceptors (Lipinski definition) is 3. The van der Waals surface area contributed by atoms with Gasteiger partial charge in [-0.05, 0) is 48.1 Å². The first-order valence-electron chi connectivity index (χ1n) is 11.9. The van der Waals surface area contributed by atoms with E-state index in [0.717, 1.165) is 42.5 Å². The average molecular weight is 633 g/mol. The Morgan fingerprint density at radius 2 is 1.62 bits per heavy atom. The van der Waals surface area contributed by atoms with Gasteiger partial charge in [-0.15, -0.1) is 35.4 Å². The standard InChI is InChI=1S/C16H12N.C14H22O2.Ir/c1-12-5-4-8-14(9-12)16-10-13-6-2-3-7-15(13)11-17-16;1-13(2)7-5-9-6-8-14(3,4)12(16)10(9)11(13)15;/h2-7,9-11H,1H3;9,15H,5-8H2,1-4H3;/q-1;;. The number of pyridine rings is 1. The second kappa shape index (κ2) is 10.1. The molecule has 1 heterocycles. The van der Waals surface area contributed by atoms with Crippen molar-refractivity contribution in [1.82, 2.24) is 4.98 Å². The maximum Gasteiger partial charge on any atom is 0.168 e. The number of carbonyl (C=O) groups is 1. The second-order valence-corrected chi connectivity index (χ2v) is 10.8. The molecule has 0 bridgehead atoms. The van der Waals surface area contributed by atoms with E-state index < -0.39 is 0 Å².